The quantitative estimate of drug-likeness (QED) is 0.891. The number of benzene rings is 1. The first kappa shape index (κ1) is 17.9. The number of aromatic nitrogens is 2. The van der Waals surface area contributed by atoms with Gasteiger partial charge in [-0.2, -0.15) is 0 Å². The van der Waals surface area contributed by atoms with E-state index < -0.39 is 11.7 Å². The summed E-state index contributed by atoms with van der Waals surface area (Å²) in [5, 5.41) is 0. The van der Waals surface area contributed by atoms with Crippen molar-refractivity contribution in [3.63, 3.8) is 0 Å². The van der Waals surface area contributed by atoms with Crippen molar-refractivity contribution in [1.82, 2.24) is 9.97 Å². The van der Waals surface area contributed by atoms with Gasteiger partial charge in [0, 0.05) is 24.4 Å². The van der Waals surface area contributed by atoms with E-state index in [4.69, 9.17) is 10.5 Å². The summed E-state index contributed by atoms with van der Waals surface area (Å²) in [5.74, 6) is 1.42. The van der Waals surface area contributed by atoms with Gasteiger partial charge in [-0.1, -0.05) is 38.5 Å². The third kappa shape index (κ3) is 3.17. The molecule has 2 aliphatic rings. The Labute approximate surface area is 158 Å². The standard InChI is InChI=1S/C21H25FN4O/c1-3-13(2)9-18-24-10-14(11-25-18)15-5-4-6-17-16(15)7-8-21(19(17)22)12-27-20(23)26-21/h4-6,10-11,13,19H,3,7-9,12H2,1-2H3,(H2,23,26). The summed E-state index contributed by atoms with van der Waals surface area (Å²) in [6.45, 7) is 4.57. The lowest BCUT2D eigenvalue weighted by molar-refractivity contribution is 0.127. The van der Waals surface area contributed by atoms with Gasteiger partial charge in [0.25, 0.3) is 6.02 Å². The lowest BCUT2D eigenvalue weighted by Crippen LogP contribution is -2.38. The fourth-order valence-corrected chi connectivity index (χ4v) is 3.95. The van der Waals surface area contributed by atoms with Crippen LogP contribution in [0.1, 0.15) is 49.8 Å². The molecule has 0 radical (unpaired) electrons. The summed E-state index contributed by atoms with van der Waals surface area (Å²) in [4.78, 5) is 13.3. The van der Waals surface area contributed by atoms with E-state index in [0.717, 1.165) is 41.8 Å². The molecule has 3 atom stereocenters. The smallest absolute Gasteiger partial charge is 0.282 e. The molecule has 2 heterocycles. The first-order valence-electron chi connectivity index (χ1n) is 9.57. The Balaban J connectivity index is 1.65. The van der Waals surface area contributed by atoms with Crippen LogP contribution < -0.4 is 5.73 Å². The largest absolute Gasteiger partial charge is 0.463 e. The summed E-state index contributed by atoms with van der Waals surface area (Å²) < 4.78 is 20.6. The van der Waals surface area contributed by atoms with Crippen molar-refractivity contribution in [1.29, 1.82) is 0 Å². The zero-order valence-corrected chi connectivity index (χ0v) is 15.8. The predicted molar refractivity (Wildman–Crippen MR) is 103 cm³/mol. The minimum atomic E-state index is -1.23. The van der Waals surface area contributed by atoms with Gasteiger partial charge in [-0.15, -0.1) is 0 Å². The van der Waals surface area contributed by atoms with Crippen molar-refractivity contribution in [2.24, 2.45) is 16.6 Å². The summed E-state index contributed by atoms with van der Waals surface area (Å²) in [7, 11) is 0. The number of halogens is 1. The Morgan fingerprint density at radius 1 is 1.33 bits per heavy atom. The third-order valence-electron chi connectivity index (χ3n) is 5.81. The fourth-order valence-electron chi connectivity index (χ4n) is 3.95. The van der Waals surface area contributed by atoms with Crippen molar-refractivity contribution in [3.05, 3.63) is 47.5 Å². The topological polar surface area (TPSA) is 73.4 Å². The second-order valence-electron chi connectivity index (χ2n) is 7.68. The van der Waals surface area contributed by atoms with E-state index in [1.165, 1.54) is 0 Å². The minimum Gasteiger partial charge on any atom is -0.463 e. The molecule has 0 bridgehead atoms. The van der Waals surface area contributed by atoms with Crippen molar-refractivity contribution >= 4 is 6.02 Å². The van der Waals surface area contributed by atoms with Gasteiger partial charge in [-0.3, -0.25) is 0 Å². The normalized spacial score (nSPS) is 25.0. The van der Waals surface area contributed by atoms with Gasteiger partial charge in [-0.25, -0.2) is 19.4 Å². The van der Waals surface area contributed by atoms with Crippen LogP contribution in [0.2, 0.25) is 0 Å². The molecule has 4 rings (SSSR count). The van der Waals surface area contributed by atoms with E-state index in [0.29, 0.717) is 17.9 Å². The Morgan fingerprint density at radius 2 is 2.11 bits per heavy atom. The first-order valence-corrected chi connectivity index (χ1v) is 9.57. The molecular formula is C21H25FN4O. The second-order valence-corrected chi connectivity index (χ2v) is 7.68. The highest BCUT2D eigenvalue weighted by atomic mass is 19.1. The van der Waals surface area contributed by atoms with Gasteiger partial charge < -0.3 is 10.5 Å². The Bertz CT molecular complexity index is 867. The van der Waals surface area contributed by atoms with Crippen LogP contribution in [0.25, 0.3) is 11.1 Å². The highest BCUT2D eigenvalue weighted by Gasteiger charge is 2.48. The van der Waals surface area contributed by atoms with Crippen LogP contribution in [-0.2, 0) is 17.6 Å². The summed E-state index contributed by atoms with van der Waals surface area (Å²) in [5.41, 5.74) is 8.36. The van der Waals surface area contributed by atoms with E-state index in [2.05, 4.69) is 28.8 Å². The molecular weight excluding hydrogens is 343 g/mol. The number of fused-ring (bicyclic) bond motifs is 1. The predicted octanol–water partition coefficient (Wildman–Crippen LogP) is 3.77. The second kappa shape index (κ2) is 6.91. The molecule has 2 N–H and O–H groups in total. The molecule has 0 amide bonds. The fraction of sp³-hybridized carbons (Fsp3) is 0.476. The van der Waals surface area contributed by atoms with Gasteiger partial charge in [0.05, 0.1) is 0 Å². The van der Waals surface area contributed by atoms with Crippen LogP contribution in [0.4, 0.5) is 4.39 Å². The van der Waals surface area contributed by atoms with E-state index in [1.54, 1.807) is 0 Å². The molecule has 27 heavy (non-hydrogen) atoms. The molecule has 1 aromatic carbocycles. The number of alkyl halides is 1. The van der Waals surface area contributed by atoms with Crippen LogP contribution in [-0.4, -0.2) is 28.1 Å². The molecule has 6 heteroatoms. The number of nitrogens with zero attached hydrogens (tertiary/aromatic N) is 3. The molecule has 0 saturated carbocycles. The van der Waals surface area contributed by atoms with Gasteiger partial charge >= 0.3 is 0 Å². The van der Waals surface area contributed by atoms with Crippen molar-refractivity contribution in [3.8, 4) is 11.1 Å². The molecule has 1 aromatic heterocycles. The maximum atomic E-state index is 15.4. The third-order valence-corrected chi connectivity index (χ3v) is 5.81. The monoisotopic (exact) mass is 368 g/mol. The van der Waals surface area contributed by atoms with Gasteiger partial charge in [0.2, 0.25) is 0 Å². The van der Waals surface area contributed by atoms with E-state index in [-0.39, 0.29) is 12.6 Å². The average molecular weight is 368 g/mol. The summed E-state index contributed by atoms with van der Waals surface area (Å²) in [6, 6.07) is 5.82. The average Bonchev–Trinajstić information content (AvgIpc) is 3.07. The summed E-state index contributed by atoms with van der Waals surface area (Å²) >= 11 is 0. The minimum absolute atomic E-state index is 0.0857. The molecule has 1 aliphatic carbocycles. The number of amidine groups is 1. The van der Waals surface area contributed by atoms with Crippen molar-refractivity contribution < 1.29 is 9.13 Å². The molecule has 0 fully saturated rings. The van der Waals surface area contributed by atoms with Crippen LogP contribution in [0.5, 0.6) is 0 Å². The highest BCUT2D eigenvalue weighted by molar-refractivity contribution is 5.74. The number of ether oxygens (including phenoxy) is 1. The molecule has 1 spiro atoms. The van der Waals surface area contributed by atoms with Crippen LogP contribution in [0, 0.1) is 5.92 Å². The number of nitrogens with two attached hydrogens (primary N) is 1. The number of aliphatic imine (C=N–C) groups is 1. The van der Waals surface area contributed by atoms with Crippen molar-refractivity contribution in [2.45, 2.75) is 51.2 Å². The highest BCUT2D eigenvalue weighted by Crippen LogP contribution is 2.47. The maximum Gasteiger partial charge on any atom is 0.282 e. The Hall–Kier alpha value is -2.50. The van der Waals surface area contributed by atoms with Crippen LogP contribution in [0.3, 0.4) is 0 Å². The van der Waals surface area contributed by atoms with Crippen LogP contribution in [0.15, 0.2) is 35.6 Å². The molecule has 0 saturated heterocycles. The van der Waals surface area contributed by atoms with Crippen LogP contribution >= 0.6 is 0 Å². The molecule has 1 aliphatic heterocycles. The summed E-state index contributed by atoms with van der Waals surface area (Å²) in [6.07, 6.45) is 5.76. The zero-order chi connectivity index (χ0) is 19.0. The van der Waals surface area contributed by atoms with Gasteiger partial charge in [0.1, 0.15) is 18.0 Å². The molecule has 5 nitrogen and oxygen atoms in total. The number of hydrogen-bond acceptors (Lipinski definition) is 5. The maximum absolute atomic E-state index is 15.4. The van der Waals surface area contributed by atoms with E-state index >= 15 is 4.39 Å². The molecule has 3 unspecified atom stereocenters. The Kier molecular flexibility index (Phi) is 4.58. The van der Waals surface area contributed by atoms with Gasteiger partial charge in [0.15, 0.2) is 6.17 Å². The SMILES string of the molecule is CCC(C)Cc1ncc(-c2cccc3c2CCC2(COC(N)=N2)C3F)cn1. The lowest BCUT2D eigenvalue weighted by Gasteiger charge is -2.34. The first-order chi connectivity index (χ1) is 13.0. The Morgan fingerprint density at radius 3 is 2.78 bits per heavy atom. The molecule has 2 aromatic rings. The zero-order valence-electron chi connectivity index (χ0n) is 15.8. The van der Waals surface area contributed by atoms with Crippen molar-refractivity contribution in [2.75, 3.05) is 6.61 Å². The lowest BCUT2D eigenvalue weighted by atomic mass is 9.75. The molecule has 142 valence electrons. The van der Waals surface area contributed by atoms with Gasteiger partial charge in [-0.05, 0) is 35.4 Å². The number of hydrogen-bond donors (Lipinski definition) is 1. The number of rotatable bonds is 4. The van der Waals surface area contributed by atoms with E-state index in [9.17, 15) is 0 Å². The van der Waals surface area contributed by atoms with E-state index in [1.807, 2.05) is 30.6 Å².